The van der Waals surface area contributed by atoms with E-state index in [1.807, 2.05) is 0 Å². The highest BCUT2D eigenvalue weighted by molar-refractivity contribution is 4.91. The van der Waals surface area contributed by atoms with E-state index in [9.17, 15) is 0 Å². The first-order valence-corrected chi connectivity index (χ1v) is 5.94. The van der Waals surface area contributed by atoms with E-state index in [2.05, 4.69) is 26.1 Å². The first-order valence-electron chi connectivity index (χ1n) is 5.94. The van der Waals surface area contributed by atoms with Gasteiger partial charge in [0.1, 0.15) is 0 Å². The Balaban J connectivity index is 2.51. The van der Waals surface area contributed by atoms with Crippen LogP contribution in [0.1, 0.15) is 33.6 Å². The zero-order valence-corrected chi connectivity index (χ0v) is 10.5. The third kappa shape index (κ3) is 3.44. The average molecular weight is 215 g/mol. The van der Waals surface area contributed by atoms with Gasteiger partial charge in [-0.2, -0.15) is 0 Å². The quantitative estimate of drug-likeness (QED) is 0.733. The maximum Gasteiger partial charge on any atom is 0.0617 e. The SMILES string of the molecule is COCCC1(CNC(C)C)CCOC1C. The van der Waals surface area contributed by atoms with Crippen molar-refractivity contribution >= 4 is 0 Å². The van der Waals surface area contributed by atoms with E-state index in [-0.39, 0.29) is 5.41 Å². The van der Waals surface area contributed by atoms with Crippen LogP contribution in [-0.2, 0) is 9.47 Å². The van der Waals surface area contributed by atoms with Crippen LogP contribution >= 0.6 is 0 Å². The van der Waals surface area contributed by atoms with Crippen LogP contribution < -0.4 is 5.32 Å². The molecule has 90 valence electrons. The molecule has 3 heteroatoms. The van der Waals surface area contributed by atoms with Gasteiger partial charge in [0, 0.05) is 38.3 Å². The highest BCUT2D eigenvalue weighted by Crippen LogP contribution is 2.37. The van der Waals surface area contributed by atoms with Crippen LogP contribution in [0.5, 0.6) is 0 Å². The molecule has 0 spiro atoms. The Hall–Kier alpha value is -0.120. The van der Waals surface area contributed by atoms with Crippen molar-refractivity contribution in [3.8, 4) is 0 Å². The minimum Gasteiger partial charge on any atom is -0.385 e. The van der Waals surface area contributed by atoms with Gasteiger partial charge in [-0.1, -0.05) is 13.8 Å². The van der Waals surface area contributed by atoms with Crippen LogP contribution in [0.2, 0.25) is 0 Å². The Morgan fingerprint density at radius 1 is 1.53 bits per heavy atom. The molecule has 0 aromatic heterocycles. The number of ether oxygens (including phenoxy) is 2. The van der Waals surface area contributed by atoms with Gasteiger partial charge in [0.25, 0.3) is 0 Å². The molecule has 1 aliphatic heterocycles. The molecule has 1 heterocycles. The van der Waals surface area contributed by atoms with E-state index < -0.39 is 0 Å². The summed E-state index contributed by atoms with van der Waals surface area (Å²) in [6.07, 6.45) is 2.58. The van der Waals surface area contributed by atoms with Gasteiger partial charge in [-0.05, 0) is 19.8 Å². The third-order valence-electron chi connectivity index (χ3n) is 3.50. The van der Waals surface area contributed by atoms with Crippen molar-refractivity contribution in [2.45, 2.75) is 45.8 Å². The van der Waals surface area contributed by atoms with Gasteiger partial charge in [0.15, 0.2) is 0 Å². The molecule has 1 N–H and O–H groups in total. The molecule has 15 heavy (non-hydrogen) atoms. The molecule has 0 amide bonds. The van der Waals surface area contributed by atoms with E-state index >= 15 is 0 Å². The van der Waals surface area contributed by atoms with Gasteiger partial charge in [0.05, 0.1) is 6.10 Å². The van der Waals surface area contributed by atoms with Gasteiger partial charge >= 0.3 is 0 Å². The molecule has 0 bridgehead atoms. The molecule has 0 radical (unpaired) electrons. The second-order valence-corrected chi connectivity index (χ2v) is 4.90. The largest absolute Gasteiger partial charge is 0.385 e. The first-order chi connectivity index (χ1) is 7.10. The lowest BCUT2D eigenvalue weighted by molar-refractivity contribution is 0.0410. The Labute approximate surface area is 93.5 Å². The third-order valence-corrected chi connectivity index (χ3v) is 3.50. The van der Waals surface area contributed by atoms with Crippen molar-refractivity contribution in [2.75, 3.05) is 26.9 Å². The van der Waals surface area contributed by atoms with Crippen molar-refractivity contribution < 1.29 is 9.47 Å². The van der Waals surface area contributed by atoms with E-state index in [0.717, 1.165) is 32.6 Å². The Morgan fingerprint density at radius 3 is 2.73 bits per heavy atom. The molecule has 1 rings (SSSR count). The average Bonchev–Trinajstić information content (AvgIpc) is 2.55. The summed E-state index contributed by atoms with van der Waals surface area (Å²) in [4.78, 5) is 0. The second kappa shape index (κ2) is 5.83. The molecule has 0 aliphatic carbocycles. The monoisotopic (exact) mass is 215 g/mol. The maximum atomic E-state index is 5.70. The fraction of sp³-hybridized carbons (Fsp3) is 1.00. The van der Waals surface area contributed by atoms with Crippen LogP contribution in [0.25, 0.3) is 0 Å². The standard InChI is InChI=1S/C12H25NO2/c1-10(2)13-9-12(5-7-14-4)6-8-15-11(12)3/h10-11,13H,5-9H2,1-4H3. The van der Waals surface area contributed by atoms with Gasteiger partial charge in [-0.25, -0.2) is 0 Å². The van der Waals surface area contributed by atoms with Crippen molar-refractivity contribution in [1.82, 2.24) is 5.32 Å². The summed E-state index contributed by atoms with van der Waals surface area (Å²) in [5.74, 6) is 0. The molecule has 0 aromatic carbocycles. The van der Waals surface area contributed by atoms with E-state index in [1.54, 1.807) is 7.11 Å². The molecular formula is C12H25NO2. The second-order valence-electron chi connectivity index (χ2n) is 4.90. The molecule has 0 saturated carbocycles. The van der Waals surface area contributed by atoms with Gasteiger partial charge in [-0.15, -0.1) is 0 Å². The fourth-order valence-electron chi connectivity index (χ4n) is 2.18. The summed E-state index contributed by atoms with van der Waals surface area (Å²) in [6.45, 7) is 9.31. The Morgan fingerprint density at radius 2 is 2.27 bits per heavy atom. The summed E-state index contributed by atoms with van der Waals surface area (Å²) >= 11 is 0. The number of methoxy groups -OCH3 is 1. The van der Waals surface area contributed by atoms with Crippen LogP contribution in [0.3, 0.4) is 0 Å². The summed E-state index contributed by atoms with van der Waals surface area (Å²) in [5.41, 5.74) is 0.278. The molecular weight excluding hydrogens is 190 g/mol. The molecule has 2 unspecified atom stereocenters. The van der Waals surface area contributed by atoms with Crippen molar-refractivity contribution in [2.24, 2.45) is 5.41 Å². The highest BCUT2D eigenvalue weighted by atomic mass is 16.5. The molecule has 1 saturated heterocycles. The van der Waals surface area contributed by atoms with Crippen LogP contribution in [0, 0.1) is 5.41 Å². The minimum absolute atomic E-state index is 0.278. The van der Waals surface area contributed by atoms with Gasteiger partial charge in [-0.3, -0.25) is 0 Å². The fourth-order valence-corrected chi connectivity index (χ4v) is 2.18. The number of nitrogens with one attached hydrogen (secondary N) is 1. The van der Waals surface area contributed by atoms with Crippen molar-refractivity contribution in [3.05, 3.63) is 0 Å². The summed E-state index contributed by atoms with van der Waals surface area (Å²) in [5, 5.41) is 3.53. The molecule has 1 fully saturated rings. The lowest BCUT2D eigenvalue weighted by Crippen LogP contribution is -2.42. The molecule has 0 aromatic rings. The van der Waals surface area contributed by atoms with Gasteiger partial charge in [0.2, 0.25) is 0 Å². The normalized spacial score (nSPS) is 31.4. The zero-order valence-electron chi connectivity index (χ0n) is 10.5. The highest BCUT2D eigenvalue weighted by Gasteiger charge is 2.40. The maximum absolute atomic E-state index is 5.70. The topological polar surface area (TPSA) is 30.5 Å². The molecule has 3 nitrogen and oxygen atoms in total. The van der Waals surface area contributed by atoms with Crippen molar-refractivity contribution in [3.63, 3.8) is 0 Å². The Bertz CT molecular complexity index is 184. The predicted molar refractivity (Wildman–Crippen MR) is 62.1 cm³/mol. The Kier molecular flexibility index (Phi) is 5.03. The lowest BCUT2D eigenvalue weighted by Gasteiger charge is -2.33. The van der Waals surface area contributed by atoms with Crippen LogP contribution in [0.4, 0.5) is 0 Å². The summed E-state index contributed by atoms with van der Waals surface area (Å²) < 4.78 is 10.9. The van der Waals surface area contributed by atoms with E-state index in [0.29, 0.717) is 12.1 Å². The first kappa shape index (κ1) is 12.9. The summed E-state index contributed by atoms with van der Waals surface area (Å²) in [6, 6.07) is 0.539. The zero-order chi connectivity index (χ0) is 11.3. The smallest absolute Gasteiger partial charge is 0.0617 e. The number of rotatable bonds is 6. The number of hydrogen-bond donors (Lipinski definition) is 1. The van der Waals surface area contributed by atoms with Crippen LogP contribution in [0.15, 0.2) is 0 Å². The summed E-state index contributed by atoms with van der Waals surface area (Å²) in [7, 11) is 1.77. The van der Waals surface area contributed by atoms with Gasteiger partial charge < -0.3 is 14.8 Å². The molecule has 1 aliphatic rings. The van der Waals surface area contributed by atoms with E-state index in [4.69, 9.17) is 9.47 Å². The molecule has 2 atom stereocenters. The minimum atomic E-state index is 0.278. The van der Waals surface area contributed by atoms with Crippen molar-refractivity contribution in [1.29, 1.82) is 0 Å². The predicted octanol–water partition coefficient (Wildman–Crippen LogP) is 1.82. The number of hydrogen-bond acceptors (Lipinski definition) is 3. The lowest BCUT2D eigenvalue weighted by atomic mass is 9.78. The van der Waals surface area contributed by atoms with Crippen LogP contribution in [-0.4, -0.2) is 39.0 Å². The van der Waals surface area contributed by atoms with E-state index in [1.165, 1.54) is 0 Å².